The Balaban J connectivity index is 4.12. The molecule has 0 aromatic rings. The lowest BCUT2D eigenvalue weighted by molar-refractivity contribution is 0.328. The van der Waals surface area contributed by atoms with E-state index < -0.39 is 8.32 Å². The maximum absolute atomic E-state index is 5.88. The van der Waals surface area contributed by atoms with Crippen LogP contribution in [0.5, 0.6) is 0 Å². The topological polar surface area (TPSA) is 9.23 Å². The van der Waals surface area contributed by atoms with Gasteiger partial charge in [0.05, 0.1) is 6.61 Å². The van der Waals surface area contributed by atoms with Crippen LogP contribution in [0.2, 0.25) is 18.1 Å². The van der Waals surface area contributed by atoms with Gasteiger partial charge in [-0.1, -0.05) is 36.7 Å². The van der Waals surface area contributed by atoms with Gasteiger partial charge in [-0.05, 0) is 24.2 Å². The highest BCUT2D eigenvalue weighted by molar-refractivity contribution is 9.11. The summed E-state index contributed by atoms with van der Waals surface area (Å²) < 4.78 is 5.88. The van der Waals surface area contributed by atoms with Gasteiger partial charge in [-0.15, -0.1) is 5.73 Å². The molecule has 0 aliphatic rings. The Hall–Kier alpha value is 0.177. The molecule has 0 radical (unpaired) electrons. The van der Waals surface area contributed by atoms with Gasteiger partial charge < -0.3 is 4.43 Å². The quantitative estimate of drug-likeness (QED) is 0.551. The molecular weight excluding hydrogens is 244 g/mol. The third-order valence-corrected chi connectivity index (χ3v) is 7.28. The molecule has 3 heteroatoms. The molecule has 0 N–H and O–H groups in total. The fraction of sp³-hybridized carbons (Fsp3) is 0.700. The van der Waals surface area contributed by atoms with Gasteiger partial charge in [-0.25, -0.2) is 0 Å². The minimum Gasteiger partial charge on any atom is -0.413 e. The Bertz CT molecular complexity index is 209. The molecule has 0 aromatic carbocycles. The van der Waals surface area contributed by atoms with Crippen LogP contribution < -0.4 is 0 Å². The van der Waals surface area contributed by atoms with Crippen molar-refractivity contribution in [3.8, 4) is 0 Å². The van der Waals surface area contributed by atoms with Crippen LogP contribution in [0.15, 0.2) is 16.8 Å². The Morgan fingerprint density at radius 3 is 2.31 bits per heavy atom. The van der Waals surface area contributed by atoms with Crippen LogP contribution in [0.25, 0.3) is 0 Å². The fourth-order valence-electron chi connectivity index (χ4n) is 0.559. The molecule has 0 unspecified atom stereocenters. The fourth-order valence-corrected chi connectivity index (χ4v) is 1.68. The standard InChI is InChI=1S/C10H19BrOSi/c1-10(2,3)13(4,5)12-9-7-6-8-11/h7-8H,9H2,1-5H3. The summed E-state index contributed by atoms with van der Waals surface area (Å²) in [5, 5.41) is 0.291. The average Bonchev–Trinajstić information content (AvgIpc) is 1.96. The first-order valence-corrected chi connectivity index (χ1v) is 8.27. The predicted octanol–water partition coefficient (Wildman–Crippen LogP) is 4.07. The molecule has 0 rings (SSSR count). The van der Waals surface area contributed by atoms with Crippen molar-refractivity contribution in [2.75, 3.05) is 6.61 Å². The first-order valence-electron chi connectivity index (χ1n) is 4.45. The van der Waals surface area contributed by atoms with Crippen LogP contribution in [-0.4, -0.2) is 14.9 Å². The predicted molar refractivity (Wildman–Crippen MR) is 64.7 cm³/mol. The molecule has 1 nitrogen and oxygen atoms in total. The van der Waals surface area contributed by atoms with Crippen molar-refractivity contribution in [3.63, 3.8) is 0 Å². The third kappa shape index (κ3) is 4.82. The van der Waals surface area contributed by atoms with Gasteiger partial charge in [0, 0.05) is 4.99 Å². The molecule has 0 amide bonds. The molecule has 0 aliphatic heterocycles. The van der Waals surface area contributed by atoms with Gasteiger partial charge >= 0.3 is 0 Å². The van der Waals surface area contributed by atoms with E-state index in [1.54, 1.807) is 4.99 Å². The normalized spacial score (nSPS) is 12.2. The van der Waals surface area contributed by atoms with E-state index in [0.29, 0.717) is 11.6 Å². The van der Waals surface area contributed by atoms with E-state index in [1.807, 2.05) is 6.08 Å². The summed E-state index contributed by atoms with van der Waals surface area (Å²) in [4.78, 5) is 1.71. The minimum atomic E-state index is -1.56. The minimum absolute atomic E-state index is 0.291. The zero-order valence-corrected chi connectivity index (χ0v) is 11.7. The first-order chi connectivity index (χ1) is 5.81. The zero-order valence-electron chi connectivity index (χ0n) is 9.15. The second kappa shape index (κ2) is 5.16. The van der Waals surface area contributed by atoms with Crippen molar-refractivity contribution in [2.24, 2.45) is 0 Å². The lowest BCUT2D eigenvalue weighted by Crippen LogP contribution is -2.40. The molecule has 13 heavy (non-hydrogen) atoms. The largest absolute Gasteiger partial charge is 0.413 e. The van der Waals surface area contributed by atoms with Crippen molar-refractivity contribution in [3.05, 3.63) is 16.8 Å². The summed E-state index contributed by atoms with van der Waals surface area (Å²) in [6.45, 7) is 11.9. The molecule has 0 aromatic heterocycles. The molecule has 0 atom stereocenters. The second-order valence-corrected chi connectivity index (χ2v) is 9.82. The van der Waals surface area contributed by atoms with Gasteiger partial charge in [0.15, 0.2) is 8.32 Å². The van der Waals surface area contributed by atoms with Gasteiger partial charge in [-0.3, -0.25) is 0 Å². The van der Waals surface area contributed by atoms with Gasteiger partial charge in [-0.2, -0.15) is 0 Å². The van der Waals surface area contributed by atoms with E-state index >= 15 is 0 Å². The van der Waals surface area contributed by atoms with Crippen molar-refractivity contribution < 1.29 is 4.43 Å². The van der Waals surface area contributed by atoms with Crippen LogP contribution >= 0.6 is 15.9 Å². The molecule has 0 spiro atoms. The van der Waals surface area contributed by atoms with Crippen LogP contribution in [0.4, 0.5) is 0 Å². The Labute approximate surface area is 91.1 Å². The SMILES string of the molecule is CC(C)(C)[Si](C)(C)OCC=C=CBr. The van der Waals surface area contributed by atoms with Crippen LogP contribution in [-0.2, 0) is 4.43 Å². The monoisotopic (exact) mass is 262 g/mol. The first kappa shape index (κ1) is 13.2. The third-order valence-electron chi connectivity index (χ3n) is 2.51. The molecule has 76 valence electrons. The number of hydrogen-bond acceptors (Lipinski definition) is 1. The second-order valence-electron chi connectivity index (χ2n) is 4.55. The van der Waals surface area contributed by atoms with E-state index in [1.165, 1.54) is 0 Å². The number of rotatable bonds is 3. The van der Waals surface area contributed by atoms with E-state index in [-0.39, 0.29) is 0 Å². The molecule has 0 heterocycles. The molecule has 0 aliphatic carbocycles. The Kier molecular flexibility index (Phi) is 5.23. The molecule has 0 bridgehead atoms. The number of hydrogen-bond donors (Lipinski definition) is 0. The van der Waals surface area contributed by atoms with Crippen LogP contribution in [0.3, 0.4) is 0 Å². The molecule has 0 saturated carbocycles. The molecular formula is C10H19BrOSi. The summed E-state index contributed by atoms with van der Waals surface area (Å²) in [7, 11) is -1.56. The van der Waals surface area contributed by atoms with Crippen molar-refractivity contribution in [1.29, 1.82) is 0 Å². The summed E-state index contributed by atoms with van der Waals surface area (Å²) in [5.41, 5.74) is 2.94. The number of halogens is 1. The van der Waals surface area contributed by atoms with E-state index in [9.17, 15) is 0 Å². The highest BCUT2D eigenvalue weighted by atomic mass is 79.9. The van der Waals surface area contributed by atoms with Crippen LogP contribution in [0.1, 0.15) is 20.8 Å². The summed E-state index contributed by atoms with van der Waals surface area (Å²) in [6, 6.07) is 0. The lowest BCUT2D eigenvalue weighted by Gasteiger charge is -2.35. The Morgan fingerprint density at radius 1 is 1.38 bits per heavy atom. The lowest BCUT2D eigenvalue weighted by atomic mass is 10.2. The van der Waals surface area contributed by atoms with E-state index in [4.69, 9.17) is 4.43 Å². The molecule has 0 fully saturated rings. The Morgan fingerprint density at radius 2 is 1.92 bits per heavy atom. The highest BCUT2D eigenvalue weighted by Gasteiger charge is 2.36. The van der Waals surface area contributed by atoms with E-state index in [2.05, 4.69) is 55.5 Å². The smallest absolute Gasteiger partial charge is 0.192 e. The molecule has 0 saturated heterocycles. The van der Waals surface area contributed by atoms with Gasteiger partial charge in [0.25, 0.3) is 0 Å². The van der Waals surface area contributed by atoms with Gasteiger partial charge in [0.2, 0.25) is 0 Å². The highest BCUT2D eigenvalue weighted by Crippen LogP contribution is 2.36. The van der Waals surface area contributed by atoms with Crippen LogP contribution in [0, 0.1) is 0 Å². The van der Waals surface area contributed by atoms with Gasteiger partial charge in [0.1, 0.15) is 0 Å². The zero-order chi connectivity index (χ0) is 10.5. The van der Waals surface area contributed by atoms with E-state index in [0.717, 1.165) is 0 Å². The van der Waals surface area contributed by atoms with Crippen molar-refractivity contribution >= 4 is 24.2 Å². The van der Waals surface area contributed by atoms with Crippen molar-refractivity contribution in [2.45, 2.75) is 38.9 Å². The summed E-state index contributed by atoms with van der Waals surface area (Å²) in [6.07, 6.45) is 1.90. The summed E-state index contributed by atoms with van der Waals surface area (Å²) >= 11 is 3.16. The average molecular weight is 263 g/mol. The van der Waals surface area contributed by atoms with Crippen molar-refractivity contribution in [1.82, 2.24) is 0 Å². The summed E-state index contributed by atoms with van der Waals surface area (Å²) in [5.74, 6) is 0. The maximum Gasteiger partial charge on any atom is 0.192 e. The maximum atomic E-state index is 5.88.